The molecule has 0 spiro atoms. The van der Waals surface area contributed by atoms with Crippen LogP contribution in [-0.2, 0) is 7.05 Å². The maximum absolute atomic E-state index is 5.38. The van der Waals surface area contributed by atoms with Crippen LogP contribution in [0.4, 0.5) is 5.82 Å². The minimum Gasteiger partial charge on any atom is -0.497 e. The van der Waals surface area contributed by atoms with Crippen molar-refractivity contribution in [2.24, 2.45) is 7.05 Å². The zero-order chi connectivity index (χ0) is 13.1. The molecule has 1 aromatic carbocycles. The number of nitrogens with zero attached hydrogens (tertiary/aromatic N) is 2. The molecule has 0 bridgehead atoms. The van der Waals surface area contributed by atoms with Crippen molar-refractivity contribution in [1.29, 1.82) is 0 Å². The molecule has 2 aromatic rings. The molecule has 18 heavy (non-hydrogen) atoms. The highest BCUT2D eigenvalue weighted by atomic mass is 16.5. The first kappa shape index (κ1) is 12.3. The van der Waals surface area contributed by atoms with Gasteiger partial charge >= 0.3 is 0 Å². The number of aromatic nitrogens is 2. The number of aryl methyl sites for hydroxylation is 1. The van der Waals surface area contributed by atoms with Gasteiger partial charge in [-0.25, -0.2) is 0 Å². The molecule has 0 aliphatic heterocycles. The molecule has 1 aromatic heterocycles. The van der Waals surface area contributed by atoms with Crippen LogP contribution >= 0.6 is 0 Å². The summed E-state index contributed by atoms with van der Waals surface area (Å²) in [5, 5.41) is 7.37. The Morgan fingerprint density at radius 1 is 1.17 bits per heavy atom. The van der Waals surface area contributed by atoms with E-state index < -0.39 is 0 Å². The zero-order valence-corrected chi connectivity index (χ0v) is 11.0. The molecular formula is C13H17N3O2. The number of nitrogens with one attached hydrogen (secondary N) is 1. The molecule has 5 nitrogen and oxygen atoms in total. The van der Waals surface area contributed by atoms with Gasteiger partial charge in [-0.2, -0.15) is 5.10 Å². The Kier molecular flexibility index (Phi) is 3.41. The van der Waals surface area contributed by atoms with Crippen LogP contribution < -0.4 is 14.8 Å². The number of hydrogen-bond acceptors (Lipinski definition) is 4. The first-order valence-electron chi connectivity index (χ1n) is 5.63. The molecule has 0 aliphatic rings. The predicted molar refractivity (Wildman–Crippen MR) is 71.3 cm³/mol. The fourth-order valence-electron chi connectivity index (χ4n) is 1.86. The smallest absolute Gasteiger partial charge is 0.148 e. The van der Waals surface area contributed by atoms with E-state index in [0.29, 0.717) is 0 Å². The molecule has 2 rings (SSSR count). The fourth-order valence-corrected chi connectivity index (χ4v) is 1.86. The molecule has 0 saturated carbocycles. The first-order chi connectivity index (χ1) is 8.69. The summed E-state index contributed by atoms with van der Waals surface area (Å²) in [6.07, 6.45) is 0. The highest BCUT2D eigenvalue weighted by Gasteiger charge is 2.12. The number of hydrogen-bond donors (Lipinski definition) is 1. The SMILES string of the molecule is CNc1cc(-c2cc(OC)ccc2OC)n(C)n1. The van der Waals surface area contributed by atoms with Crippen LogP contribution in [0.25, 0.3) is 11.3 Å². The Balaban J connectivity index is 2.56. The summed E-state index contributed by atoms with van der Waals surface area (Å²) in [7, 11) is 7.04. The summed E-state index contributed by atoms with van der Waals surface area (Å²) < 4.78 is 12.4. The largest absolute Gasteiger partial charge is 0.497 e. The van der Waals surface area contributed by atoms with Crippen molar-refractivity contribution >= 4 is 5.82 Å². The van der Waals surface area contributed by atoms with Gasteiger partial charge in [-0.3, -0.25) is 4.68 Å². The molecule has 0 amide bonds. The Bertz CT molecular complexity index is 549. The summed E-state index contributed by atoms with van der Waals surface area (Å²) in [5.74, 6) is 2.40. The lowest BCUT2D eigenvalue weighted by Crippen LogP contribution is -1.97. The van der Waals surface area contributed by atoms with Gasteiger partial charge in [-0.15, -0.1) is 0 Å². The van der Waals surface area contributed by atoms with E-state index in [0.717, 1.165) is 28.6 Å². The van der Waals surface area contributed by atoms with Crippen LogP contribution in [0.5, 0.6) is 11.5 Å². The summed E-state index contributed by atoms with van der Waals surface area (Å²) in [6.45, 7) is 0. The molecule has 5 heteroatoms. The van der Waals surface area contributed by atoms with E-state index in [2.05, 4.69) is 10.4 Å². The quantitative estimate of drug-likeness (QED) is 0.899. The van der Waals surface area contributed by atoms with Crippen molar-refractivity contribution in [1.82, 2.24) is 9.78 Å². The Morgan fingerprint density at radius 2 is 1.94 bits per heavy atom. The number of benzene rings is 1. The van der Waals surface area contributed by atoms with Crippen LogP contribution in [0.2, 0.25) is 0 Å². The van der Waals surface area contributed by atoms with E-state index in [1.54, 1.807) is 14.2 Å². The normalized spacial score (nSPS) is 10.2. The van der Waals surface area contributed by atoms with E-state index in [1.807, 2.05) is 43.0 Å². The molecule has 1 N–H and O–H groups in total. The van der Waals surface area contributed by atoms with Gasteiger partial charge in [0.25, 0.3) is 0 Å². The predicted octanol–water partition coefficient (Wildman–Crippen LogP) is 2.15. The standard InChI is InChI=1S/C13H17N3O2/c1-14-13-8-11(16(2)15-13)10-7-9(17-3)5-6-12(10)18-4/h5-8H,1-4H3,(H,14,15). The monoisotopic (exact) mass is 247 g/mol. The average molecular weight is 247 g/mol. The summed E-state index contributed by atoms with van der Waals surface area (Å²) in [4.78, 5) is 0. The molecular weight excluding hydrogens is 230 g/mol. The maximum Gasteiger partial charge on any atom is 0.148 e. The van der Waals surface area contributed by atoms with Gasteiger partial charge in [0.1, 0.15) is 17.3 Å². The van der Waals surface area contributed by atoms with E-state index in [9.17, 15) is 0 Å². The molecule has 0 radical (unpaired) electrons. The maximum atomic E-state index is 5.38. The Morgan fingerprint density at radius 3 is 2.50 bits per heavy atom. The van der Waals surface area contributed by atoms with Crippen molar-refractivity contribution in [3.05, 3.63) is 24.3 Å². The fraction of sp³-hybridized carbons (Fsp3) is 0.308. The van der Waals surface area contributed by atoms with Crippen LogP contribution in [0.3, 0.4) is 0 Å². The van der Waals surface area contributed by atoms with Crippen molar-refractivity contribution < 1.29 is 9.47 Å². The first-order valence-corrected chi connectivity index (χ1v) is 5.63. The molecule has 96 valence electrons. The number of anilines is 1. The Labute approximate surface area is 106 Å². The van der Waals surface area contributed by atoms with Gasteiger partial charge in [0.15, 0.2) is 0 Å². The average Bonchev–Trinajstić information content (AvgIpc) is 2.79. The third-order valence-electron chi connectivity index (χ3n) is 2.82. The second-order valence-corrected chi connectivity index (χ2v) is 3.85. The molecule has 0 atom stereocenters. The lowest BCUT2D eigenvalue weighted by Gasteiger charge is -2.10. The van der Waals surface area contributed by atoms with Gasteiger partial charge in [-0.1, -0.05) is 0 Å². The lowest BCUT2D eigenvalue weighted by atomic mass is 10.1. The van der Waals surface area contributed by atoms with Crippen molar-refractivity contribution in [2.75, 3.05) is 26.6 Å². The second-order valence-electron chi connectivity index (χ2n) is 3.85. The molecule has 0 saturated heterocycles. The minimum absolute atomic E-state index is 0.790. The lowest BCUT2D eigenvalue weighted by molar-refractivity contribution is 0.404. The summed E-state index contributed by atoms with van der Waals surface area (Å²) in [5.41, 5.74) is 1.92. The van der Waals surface area contributed by atoms with E-state index in [-0.39, 0.29) is 0 Å². The van der Waals surface area contributed by atoms with Crippen LogP contribution in [0.1, 0.15) is 0 Å². The van der Waals surface area contributed by atoms with Gasteiger partial charge in [0, 0.05) is 25.7 Å². The molecule has 0 aliphatic carbocycles. The van der Waals surface area contributed by atoms with Crippen LogP contribution in [0.15, 0.2) is 24.3 Å². The van der Waals surface area contributed by atoms with E-state index in [1.165, 1.54) is 0 Å². The zero-order valence-electron chi connectivity index (χ0n) is 11.0. The van der Waals surface area contributed by atoms with E-state index in [4.69, 9.17) is 9.47 Å². The third kappa shape index (κ3) is 2.11. The topological polar surface area (TPSA) is 48.3 Å². The molecule has 0 unspecified atom stereocenters. The van der Waals surface area contributed by atoms with Gasteiger partial charge in [-0.05, 0) is 18.2 Å². The van der Waals surface area contributed by atoms with Gasteiger partial charge in [0.2, 0.25) is 0 Å². The van der Waals surface area contributed by atoms with Gasteiger partial charge < -0.3 is 14.8 Å². The highest BCUT2D eigenvalue weighted by molar-refractivity contribution is 5.71. The number of methoxy groups -OCH3 is 2. The molecule has 1 heterocycles. The Hall–Kier alpha value is -2.17. The number of rotatable bonds is 4. The summed E-state index contributed by atoms with van der Waals surface area (Å²) in [6, 6.07) is 7.67. The minimum atomic E-state index is 0.790. The van der Waals surface area contributed by atoms with Crippen LogP contribution in [0, 0.1) is 0 Å². The summed E-state index contributed by atoms with van der Waals surface area (Å²) >= 11 is 0. The van der Waals surface area contributed by atoms with E-state index >= 15 is 0 Å². The van der Waals surface area contributed by atoms with Crippen molar-refractivity contribution in [2.45, 2.75) is 0 Å². The van der Waals surface area contributed by atoms with Crippen LogP contribution in [-0.4, -0.2) is 31.0 Å². The van der Waals surface area contributed by atoms with Crippen molar-refractivity contribution in [3.63, 3.8) is 0 Å². The number of ether oxygens (including phenoxy) is 2. The second kappa shape index (κ2) is 5.00. The third-order valence-corrected chi connectivity index (χ3v) is 2.82. The highest BCUT2D eigenvalue weighted by Crippen LogP contribution is 2.34. The molecule has 0 fully saturated rings. The van der Waals surface area contributed by atoms with Crippen molar-refractivity contribution in [3.8, 4) is 22.8 Å². The van der Waals surface area contributed by atoms with Gasteiger partial charge in [0.05, 0.1) is 19.9 Å².